The molecule has 0 spiro atoms. The second-order valence-electron chi connectivity index (χ2n) is 9.79. The smallest absolute Gasteiger partial charge is 0.260 e. The number of anilines is 1. The summed E-state index contributed by atoms with van der Waals surface area (Å²) in [5.41, 5.74) is 4.47. The molecule has 2 N–H and O–H groups in total. The lowest BCUT2D eigenvalue weighted by molar-refractivity contribution is -0.138. The summed E-state index contributed by atoms with van der Waals surface area (Å²) in [7, 11) is 1.56. The standard InChI is InChI=1S/C32H28Cl2N2O4/c1-4-7-20-8-6-9-24(29(20)37)28-19(5-2)10-16-25-30(38)36(35-27-17-13-22(33)18-26(27)34)31(39)32(25,28)21-11-14-23(40-3)15-12-21/h4-6,8-15,17-18,25,28,35,37H,1-2,7,16H2,3H3/t25-,28+,32+/m0/s1. The van der Waals surface area contributed by atoms with Crippen LogP contribution in [0.1, 0.15) is 29.0 Å². The number of para-hydroxylation sites is 1. The molecule has 0 radical (unpaired) electrons. The number of halogens is 2. The molecule has 0 saturated carbocycles. The van der Waals surface area contributed by atoms with Gasteiger partial charge in [0.2, 0.25) is 0 Å². The predicted molar refractivity (Wildman–Crippen MR) is 158 cm³/mol. The van der Waals surface area contributed by atoms with Crippen molar-refractivity contribution in [3.63, 3.8) is 0 Å². The SMILES string of the molecule is C=CCc1cccc([C@H]2C(C=C)=CC[C@H]3C(=O)N(Nc4ccc(Cl)cc4Cl)C(=O)[C@@]23c2ccc(OC)cc2)c1O. The maximum Gasteiger partial charge on any atom is 0.260 e. The van der Waals surface area contributed by atoms with Gasteiger partial charge < -0.3 is 9.84 Å². The Bertz CT molecular complexity index is 1550. The van der Waals surface area contributed by atoms with E-state index in [0.717, 1.165) is 10.6 Å². The fourth-order valence-electron chi connectivity index (χ4n) is 5.99. The van der Waals surface area contributed by atoms with Crippen LogP contribution < -0.4 is 10.2 Å². The fraction of sp³-hybridized carbons (Fsp3) is 0.188. The Morgan fingerprint density at radius 2 is 1.88 bits per heavy atom. The van der Waals surface area contributed by atoms with Crippen LogP contribution in [0, 0.1) is 5.92 Å². The number of carbonyl (C=O) groups excluding carboxylic acids is 2. The molecule has 1 fully saturated rings. The number of hydrazine groups is 1. The Balaban J connectivity index is 1.76. The average Bonchev–Trinajstić information content (AvgIpc) is 3.17. The average molecular weight is 575 g/mol. The topological polar surface area (TPSA) is 78.9 Å². The van der Waals surface area contributed by atoms with Gasteiger partial charge in [0.05, 0.1) is 29.2 Å². The number of phenolic OH excluding ortho intramolecular Hbond substituents is 1. The van der Waals surface area contributed by atoms with Crippen molar-refractivity contribution >= 4 is 40.7 Å². The van der Waals surface area contributed by atoms with E-state index in [4.69, 9.17) is 27.9 Å². The number of allylic oxidation sites excluding steroid dienone is 4. The van der Waals surface area contributed by atoms with E-state index in [0.29, 0.717) is 46.0 Å². The van der Waals surface area contributed by atoms with Gasteiger partial charge in [-0.15, -0.1) is 6.58 Å². The molecular formula is C32H28Cl2N2O4. The highest BCUT2D eigenvalue weighted by atomic mass is 35.5. The number of aromatic hydroxyl groups is 1. The number of fused-ring (bicyclic) bond motifs is 1. The Morgan fingerprint density at radius 1 is 1.12 bits per heavy atom. The number of nitrogens with one attached hydrogen (secondary N) is 1. The lowest BCUT2D eigenvalue weighted by atomic mass is 9.56. The molecule has 6 nitrogen and oxygen atoms in total. The molecule has 5 rings (SSSR count). The highest BCUT2D eigenvalue weighted by Gasteiger charge is 2.66. The van der Waals surface area contributed by atoms with E-state index in [9.17, 15) is 14.7 Å². The lowest BCUT2D eigenvalue weighted by Crippen LogP contribution is -2.48. The highest BCUT2D eigenvalue weighted by molar-refractivity contribution is 6.36. The predicted octanol–water partition coefficient (Wildman–Crippen LogP) is 6.99. The Labute approximate surface area is 243 Å². The molecule has 3 atom stereocenters. The number of nitrogens with zero attached hydrogens (tertiary/aromatic N) is 1. The van der Waals surface area contributed by atoms with E-state index < -0.39 is 29.1 Å². The van der Waals surface area contributed by atoms with Crippen molar-refractivity contribution in [3.8, 4) is 11.5 Å². The van der Waals surface area contributed by atoms with Crippen molar-refractivity contribution in [2.24, 2.45) is 5.92 Å². The van der Waals surface area contributed by atoms with Crippen molar-refractivity contribution in [1.29, 1.82) is 0 Å². The van der Waals surface area contributed by atoms with Gasteiger partial charge in [-0.1, -0.05) is 78.3 Å². The second-order valence-corrected chi connectivity index (χ2v) is 10.6. The summed E-state index contributed by atoms with van der Waals surface area (Å²) in [6.45, 7) is 7.83. The van der Waals surface area contributed by atoms with E-state index in [1.165, 1.54) is 6.07 Å². The molecule has 8 heteroatoms. The fourth-order valence-corrected chi connectivity index (χ4v) is 6.44. The summed E-state index contributed by atoms with van der Waals surface area (Å²) >= 11 is 12.5. The van der Waals surface area contributed by atoms with Crippen molar-refractivity contribution in [2.75, 3.05) is 12.5 Å². The van der Waals surface area contributed by atoms with Crippen LogP contribution in [-0.4, -0.2) is 29.0 Å². The number of carbonyl (C=O) groups is 2. The molecule has 0 aromatic heterocycles. The molecule has 0 bridgehead atoms. The van der Waals surface area contributed by atoms with Crippen LogP contribution in [0.25, 0.3) is 0 Å². The maximum absolute atomic E-state index is 14.8. The number of rotatable bonds is 8. The summed E-state index contributed by atoms with van der Waals surface area (Å²) in [5, 5.41) is 13.2. The molecule has 0 unspecified atom stereocenters. The van der Waals surface area contributed by atoms with Crippen LogP contribution in [0.2, 0.25) is 10.0 Å². The molecule has 3 aromatic rings. The van der Waals surface area contributed by atoms with E-state index >= 15 is 0 Å². The molecule has 2 aliphatic rings. The summed E-state index contributed by atoms with van der Waals surface area (Å²) < 4.78 is 5.37. The zero-order valence-electron chi connectivity index (χ0n) is 21.9. The third-order valence-electron chi connectivity index (χ3n) is 7.80. The number of ether oxygens (including phenoxy) is 1. The number of methoxy groups -OCH3 is 1. The number of hydrogen-bond acceptors (Lipinski definition) is 5. The highest BCUT2D eigenvalue weighted by Crippen LogP contribution is 2.59. The second kappa shape index (κ2) is 10.9. The summed E-state index contributed by atoms with van der Waals surface area (Å²) in [6.07, 6.45) is 6.06. The maximum atomic E-state index is 14.8. The lowest BCUT2D eigenvalue weighted by Gasteiger charge is -2.43. The molecule has 3 aromatic carbocycles. The Hall–Kier alpha value is -4.00. The van der Waals surface area contributed by atoms with Gasteiger partial charge in [-0.25, -0.2) is 0 Å². The van der Waals surface area contributed by atoms with Gasteiger partial charge in [0.25, 0.3) is 11.8 Å². The first-order valence-corrected chi connectivity index (χ1v) is 13.5. The molecule has 1 aliphatic heterocycles. The Kier molecular flexibility index (Phi) is 7.49. The number of benzene rings is 3. The zero-order chi connectivity index (χ0) is 28.6. The largest absolute Gasteiger partial charge is 0.507 e. The zero-order valence-corrected chi connectivity index (χ0v) is 23.4. The van der Waals surface area contributed by atoms with Gasteiger partial charge in [-0.3, -0.25) is 15.0 Å². The minimum absolute atomic E-state index is 0.0566. The summed E-state index contributed by atoms with van der Waals surface area (Å²) in [4.78, 5) is 28.8. The molecule has 1 heterocycles. The summed E-state index contributed by atoms with van der Waals surface area (Å²) in [6, 6.07) is 17.4. The van der Waals surface area contributed by atoms with Crippen molar-refractivity contribution in [1.82, 2.24) is 5.01 Å². The van der Waals surface area contributed by atoms with Crippen molar-refractivity contribution < 1.29 is 19.4 Å². The molecular weight excluding hydrogens is 547 g/mol. The van der Waals surface area contributed by atoms with E-state index in [1.807, 2.05) is 18.2 Å². The number of hydrogen-bond donors (Lipinski definition) is 2. The van der Waals surface area contributed by atoms with E-state index in [2.05, 4.69) is 18.6 Å². The van der Waals surface area contributed by atoms with Gasteiger partial charge >= 0.3 is 0 Å². The molecule has 1 saturated heterocycles. The molecule has 204 valence electrons. The van der Waals surface area contributed by atoms with Crippen LogP contribution in [-0.2, 0) is 21.4 Å². The molecule has 40 heavy (non-hydrogen) atoms. The van der Waals surface area contributed by atoms with Crippen LogP contribution in [0.5, 0.6) is 11.5 Å². The number of phenols is 1. The van der Waals surface area contributed by atoms with Gasteiger partial charge in [-0.05, 0) is 59.9 Å². The first-order valence-electron chi connectivity index (χ1n) is 12.8. The van der Waals surface area contributed by atoms with Crippen molar-refractivity contribution in [3.05, 3.63) is 124 Å². The van der Waals surface area contributed by atoms with Gasteiger partial charge in [0.15, 0.2) is 0 Å². The van der Waals surface area contributed by atoms with Gasteiger partial charge in [0.1, 0.15) is 11.5 Å². The number of imide groups is 1. The first kappa shape index (κ1) is 27.6. The van der Waals surface area contributed by atoms with Gasteiger partial charge in [0, 0.05) is 16.5 Å². The van der Waals surface area contributed by atoms with Crippen LogP contribution in [0.3, 0.4) is 0 Å². The quantitative estimate of drug-likeness (QED) is 0.224. The van der Waals surface area contributed by atoms with E-state index in [-0.39, 0.29) is 10.8 Å². The third-order valence-corrected chi connectivity index (χ3v) is 8.34. The minimum Gasteiger partial charge on any atom is -0.507 e. The normalized spacial score (nSPS) is 22.0. The van der Waals surface area contributed by atoms with E-state index in [1.54, 1.807) is 61.7 Å². The summed E-state index contributed by atoms with van der Waals surface area (Å²) in [5.74, 6) is -1.70. The minimum atomic E-state index is -1.40. The van der Waals surface area contributed by atoms with Crippen LogP contribution >= 0.6 is 23.2 Å². The molecule has 2 amide bonds. The van der Waals surface area contributed by atoms with Gasteiger partial charge in [-0.2, -0.15) is 5.01 Å². The Morgan fingerprint density at radius 3 is 2.52 bits per heavy atom. The first-order chi connectivity index (χ1) is 19.3. The van der Waals surface area contributed by atoms with Crippen molar-refractivity contribution in [2.45, 2.75) is 24.2 Å². The van der Waals surface area contributed by atoms with Crippen LogP contribution in [0.4, 0.5) is 5.69 Å². The monoisotopic (exact) mass is 574 g/mol. The third kappa shape index (κ3) is 4.28. The number of amides is 2. The molecule has 1 aliphatic carbocycles. The van der Waals surface area contributed by atoms with Crippen LogP contribution in [0.15, 0.2) is 97.6 Å².